The van der Waals surface area contributed by atoms with Crippen LogP contribution in [0.3, 0.4) is 0 Å². The molecular weight excluding hydrogens is 390 g/mol. The fraction of sp³-hybridized carbons (Fsp3) is 0.750. The molecule has 8 nitrogen and oxygen atoms in total. The normalized spacial score (nSPS) is 28.4. The number of ether oxygens (including phenoxy) is 1. The lowest BCUT2D eigenvalue weighted by atomic mass is 10.2. The van der Waals surface area contributed by atoms with Crippen molar-refractivity contribution in [3.63, 3.8) is 0 Å². The van der Waals surface area contributed by atoms with Crippen LogP contribution in [-0.2, 0) is 18.8 Å². The van der Waals surface area contributed by atoms with E-state index in [0.717, 1.165) is 0 Å². The van der Waals surface area contributed by atoms with Crippen LogP contribution in [0.1, 0.15) is 27.2 Å². The Morgan fingerprint density at radius 3 is 2.52 bits per heavy atom. The highest BCUT2D eigenvalue weighted by Crippen LogP contribution is 2.40. The highest BCUT2D eigenvalue weighted by Gasteiger charge is 2.56. The number of carbonyl (C=O) groups is 3. The predicted molar refractivity (Wildman–Crippen MR) is 112 cm³/mol. The molecule has 0 N–H and O–H groups in total. The first-order valence-corrected chi connectivity index (χ1v) is 13.1. The molecule has 0 aliphatic carbocycles. The van der Waals surface area contributed by atoms with Gasteiger partial charge in [0.2, 0.25) is 12.3 Å². The Morgan fingerprint density at radius 2 is 2.00 bits per heavy atom. The van der Waals surface area contributed by atoms with Crippen molar-refractivity contribution in [2.24, 2.45) is 0 Å². The molecule has 0 bridgehead atoms. The van der Waals surface area contributed by atoms with Crippen molar-refractivity contribution >= 4 is 26.7 Å². The zero-order valence-electron chi connectivity index (χ0n) is 18.6. The molecule has 0 aromatic carbocycles. The standard InChI is InChI=1S/C20H36N3O5Si/c1-8-11-27-19(26)23(5)14-16(28-29(6,7)20(2,3)4)12-17(23)22-10-9-21(15-24)13-18(22)25/h8,15-17H,1,9-14H2,2-7H3/q+1/t16-,17+,23?/m1/s1. The molecule has 2 fully saturated rings. The molecule has 2 saturated heterocycles. The molecule has 0 saturated carbocycles. The summed E-state index contributed by atoms with van der Waals surface area (Å²) in [5, 5.41) is 0.0449. The number of likely N-dealkylation sites (tertiary alicyclic amines) is 1. The van der Waals surface area contributed by atoms with Crippen LogP contribution in [0.4, 0.5) is 4.79 Å². The molecule has 2 heterocycles. The second-order valence-electron chi connectivity index (χ2n) is 9.70. The Bertz CT molecular complexity index is 663. The van der Waals surface area contributed by atoms with Crippen molar-refractivity contribution < 1.29 is 28.0 Å². The zero-order valence-corrected chi connectivity index (χ0v) is 19.6. The maximum atomic E-state index is 13.0. The molecule has 0 aromatic rings. The first kappa shape index (κ1) is 23.6. The number of amides is 3. The first-order valence-electron chi connectivity index (χ1n) is 10.2. The van der Waals surface area contributed by atoms with Gasteiger partial charge in [0, 0.05) is 13.1 Å². The molecule has 2 aliphatic heterocycles. The Labute approximate surface area is 175 Å². The minimum absolute atomic E-state index is 0.0372. The van der Waals surface area contributed by atoms with Gasteiger partial charge in [-0.15, -0.1) is 0 Å². The summed E-state index contributed by atoms with van der Waals surface area (Å²) in [5.41, 5.74) is 0. The lowest BCUT2D eigenvalue weighted by Crippen LogP contribution is -2.64. The molecule has 0 spiro atoms. The van der Waals surface area contributed by atoms with Gasteiger partial charge < -0.3 is 14.1 Å². The van der Waals surface area contributed by atoms with Crippen molar-refractivity contribution in [1.82, 2.24) is 9.80 Å². The van der Waals surface area contributed by atoms with Crippen LogP contribution in [0.15, 0.2) is 12.7 Å². The van der Waals surface area contributed by atoms with Crippen molar-refractivity contribution in [3.8, 4) is 0 Å². The summed E-state index contributed by atoms with van der Waals surface area (Å²) in [4.78, 5) is 39.9. The summed E-state index contributed by atoms with van der Waals surface area (Å²) in [7, 11) is -0.232. The predicted octanol–water partition coefficient (Wildman–Crippen LogP) is 2.18. The van der Waals surface area contributed by atoms with Crippen LogP contribution in [0.25, 0.3) is 0 Å². The van der Waals surface area contributed by atoms with Gasteiger partial charge in [-0.1, -0.05) is 33.4 Å². The Morgan fingerprint density at radius 1 is 1.34 bits per heavy atom. The molecule has 164 valence electrons. The lowest BCUT2D eigenvalue weighted by Gasteiger charge is -2.41. The van der Waals surface area contributed by atoms with Crippen LogP contribution >= 0.6 is 0 Å². The summed E-state index contributed by atoms with van der Waals surface area (Å²) in [6, 6.07) is 0. The van der Waals surface area contributed by atoms with E-state index in [2.05, 4.69) is 40.4 Å². The molecule has 2 rings (SSSR count). The third kappa shape index (κ3) is 4.89. The van der Waals surface area contributed by atoms with Gasteiger partial charge in [0.05, 0.1) is 20.0 Å². The van der Waals surface area contributed by atoms with E-state index in [-0.39, 0.29) is 46.9 Å². The second kappa shape index (κ2) is 8.57. The number of quaternary nitrogens is 1. The van der Waals surface area contributed by atoms with E-state index in [9.17, 15) is 14.4 Å². The topological polar surface area (TPSA) is 76.2 Å². The van der Waals surface area contributed by atoms with E-state index in [0.29, 0.717) is 32.5 Å². The molecule has 3 atom stereocenters. The lowest BCUT2D eigenvalue weighted by molar-refractivity contribution is -0.862. The van der Waals surface area contributed by atoms with Crippen molar-refractivity contribution in [2.75, 3.05) is 39.8 Å². The number of hydrogen-bond acceptors (Lipinski definition) is 5. The number of hydrogen-bond donors (Lipinski definition) is 0. The highest BCUT2D eigenvalue weighted by atomic mass is 28.4. The summed E-state index contributed by atoms with van der Waals surface area (Å²) < 4.78 is 11.9. The molecule has 9 heteroatoms. The van der Waals surface area contributed by atoms with Crippen LogP contribution < -0.4 is 0 Å². The number of likely N-dealkylation sites (N-methyl/N-ethyl adjacent to an activating group) is 1. The zero-order chi connectivity index (χ0) is 22.0. The second-order valence-corrected chi connectivity index (χ2v) is 14.5. The quantitative estimate of drug-likeness (QED) is 0.282. The van der Waals surface area contributed by atoms with E-state index in [1.165, 1.54) is 11.0 Å². The van der Waals surface area contributed by atoms with E-state index < -0.39 is 8.32 Å². The molecule has 0 aromatic heterocycles. The fourth-order valence-corrected chi connectivity index (χ4v) is 5.14. The summed E-state index contributed by atoms with van der Waals surface area (Å²) in [6.45, 7) is 16.0. The molecule has 3 amide bonds. The van der Waals surface area contributed by atoms with Gasteiger partial charge in [0.1, 0.15) is 19.3 Å². The number of nitrogens with zero attached hydrogens (tertiary/aromatic N) is 3. The van der Waals surface area contributed by atoms with Crippen molar-refractivity contribution in [2.45, 2.75) is 57.6 Å². The summed E-state index contributed by atoms with van der Waals surface area (Å²) in [6.07, 6.45) is 1.90. The van der Waals surface area contributed by atoms with E-state index in [4.69, 9.17) is 9.16 Å². The van der Waals surface area contributed by atoms with E-state index in [1.54, 1.807) is 4.90 Å². The number of piperazine rings is 1. The highest BCUT2D eigenvalue weighted by molar-refractivity contribution is 6.74. The minimum atomic E-state index is -2.04. The average Bonchev–Trinajstić information content (AvgIpc) is 2.95. The van der Waals surface area contributed by atoms with Crippen molar-refractivity contribution in [1.29, 1.82) is 0 Å². The van der Waals surface area contributed by atoms with Gasteiger partial charge in [-0.25, -0.2) is 4.48 Å². The first-order chi connectivity index (χ1) is 13.4. The van der Waals surface area contributed by atoms with Gasteiger partial charge >= 0.3 is 6.09 Å². The van der Waals surface area contributed by atoms with Gasteiger partial charge in [0.15, 0.2) is 14.5 Å². The molecule has 1 unspecified atom stereocenters. The SMILES string of the molecule is C=CCOC(=O)[N+]1(C)C[C@H](O[Si](C)(C)C(C)(C)C)C[C@H]1N1CCN(C=O)CC1=O. The Balaban J connectivity index is 2.27. The van der Waals surface area contributed by atoms with Crippen LogP contribution in [0, 0.1) is 0 Å². The number of carbonyl (C=O) groups excluding carboxylic acids is 3. The van der Waals surface area contributed by atoms with Gasteiger partial charge in [0.25, 0.3) is 0 Å². The Hall–Kier alpha value is -1.71. The van der Waals surface area contributed by atoms with Crippen LogP contribution in [0.2, 0.25) is 18.1 Å². The minimum Gasteiger partial charge on any atom is -0.416 e. The fourth-order valence-electron chi connectivity index (χ4n) is 3.78. The summed E-state index contributed by atoms with van der Waals surface area (Å²) in [5.74, 6) is -0.151. The Kier molecular flexibility index (Phi) is 6.96. The van der Waals surface area contributed by atoms with Gasteiger partial charge in [-0.05, 0) is 18.1 Å². The molecule has 0 radical (unpaired) electrons. The van der Waals surface area contributed by atoms with Gasteiger partial charge in [-0.2, -0.15) is 4.79 Å². The smallest absolute Gasteiger partial charge is 0.416 e. The van der Waals surface area contributed by atoms with E-state index in [1.807, 2.05) is 7.05 Å². The monoisotopic (exact) mass is 426 g/mol. The summed E-state index contributed by atoms with van der Waals surface area (Å²) >= 11 is 0. The molecule has 29 heavy (non-hydrogen) atoms. The number of rotatable bonds is 6. The maximum Gasteiger partial charge on any atom is 0.517 e. The molecule has 2 aliphatic rings. The average molecular weight is 427 g/mol. The third-order valence-corrected chi connectivity index (χ3v) is 11.1. The van der Waals surface area contributed by atoms with E-state index >= 15 is 0 Å². The van der Waals surface area contributed by atoms with Crippen LogP contribution in [0.5, 0.6) is 0 Å². The largest absolute Gasteiger partial charge is 0.517 e. The van der Waals surface area contributed by atoms with Crippen molar-refractivity contribution in [3.05, 3.63) is 12.7 Å². The maximum absolute atomic E-state index is 13.0. The molecular formula is C20H36N3O5Si+. The van der Waals surface area contributed by atoms with Gasteiger partial charge in [-0.3, -0.25) is 14.5 Å². The third-order valence-electron chi connectivity index (χ3n) is 6.52. The van der Waals surface area contributed by atoms with Crippen LogP contribution in [-0.4, -0.2) is 93.1 Å².